The first-order valence-electron chi connectivity index (χ1n) is 4.66. The monoisotopic (exact) mass is 192 g/mol. The van der Waals surface area contributed by atoms with Crippen molar-refractivity contribution in [1.82, 2.24) is 9.36 Å². The highest BCUT2D eigenvalue weighted by Crippen LogP contribution is 2.05. The van der Waals surface area contributed by atoms with Crippen molar-refractivity contribution in [2.24, 2.45) is 7.05 Å². The molecule has 0 radical (unpaired) electrons. The van der Waals surface area contributed by atoms with Gasteiger partial charge in [0.1, 0.15) is 0 Å². The molecule has 3 heteroatoms. The van der Waals surface area contributed by atoms with Gasteiger partial charge in [0.15, 0.2) is 0 Å². The van der Waals surface area contributed by atoms with Gasteiger partial charge in [0.2, 0.25) is 0 Å². The molecule has 0 bridgehead atoms. The predicted molar refractivity (Wildman–Crippen MR) is 59.2 cm³/mol. The Balaban J connectivity index is 3.38. The van der Waals surface area contributed by atoms with Crippen LogP contribution in [0.1, 0.15) is 19.5 Å². The number of aromatic nitrogens is 2. The van der Waals surface area contributed by atoms with Crippen LogP contribution in [0.2, 0.25) is 0 Å². The number of hydrogen-bond acceptors (Lipinski definition) is 1. The fourth-order valence-electron chi connectivity index (χ4n) is 1.40. The molecule has 0 aliphatic carbocycles. The van der Waals surface area contributed by atoms with Gasteiger partial charge in [-0.3, -0.25) is 9.48 Å². The number of allylic oxidation sites excluding steroid dienone is 4. The van der Waals surface area contributed by atoms with Crippen molar-refractivity contribution in [3.63, 3.8) is 0 Å². The molecule has 0 amide bonds. The molecule has 0 aromatic carbocycles. The molecule has 0 saturated heterocycles. The smallest absolute Gasteiger partial charge is 0.271 e. The van der Waals surface area contributed by atoms with Gasteiger partial charge < -0.3 is 0 Å². The average Bonchev–Trinajstić information content (AvgIpc) is 2.39. The molecule has 76 valence electrons. The van der Waals surface area contributed by atoms with Crippen molar-refractivity contribution in [2.75, 3.05) is 0 Å². The van der Waals surface area contributed by atoms with Crippen molar-refractivity contribution in [1.29, 1.82) is 0 Å². The Kier molecular flexibility index (Phi) is 3.12. The highest BCUT2D eigenvalue weighted by atomic mass is 16.1. The zero-order valence-corrected chi connectivity index (χ0v) is 9.11. The van der Waals surface area contributed by atoms with E-state index in [-0.39, 0.29) is 5.56 Å². The number of aryl methyl sites for hydroxylation is 1. The van der Waals surface area contributed by atoms with Crippen LogP contribution in [0.25, 0.3) is 5.70 Å². The maximum atomic E-state index is 11.6. The molecule has 14 heavy (non-hydrogen) atoms. The number of hydrogen-bond donors (Lipinski definition) is 0. The number of nitrogens with zero attached hydrogens (tertiary/aromatic N) is 2. The fourth-order valence-corrected chi connectivity index (χ4v) is 1.40. The molecule has 0 aliphatic rings. The lowest BCUT2D eigenvalue weighted by Gasteiger charge is -2.08. The first-order valence-corrected chi connectivity index (χ1v) is 4.66. The van der Waals surface area contributed by atoms with E-state index >= 15 is 0 Å². The first kappa shape index (κ1) is 10.6. The van der Waals surface area contributed by atoms with Crippen molar-refractivity contribution in [3.8, 4) is 0 Å². The van der Waals surface area contributed by atoms with E-state index in [4.69, 9.17) is 0 Å². The topological polar surface area (TPSA) is 26.9 Å². The van der Waals surface area contributed by atoms with Crippen molar-refractivity contribution >= 4 is 5.70 Å². The summed E-state index contributed by atoms with van der Waals surface area (Å²) in [6.07, 6.45) is 5.76. The van der Waals surface area contributed by atoms with Gasteiger partial charge in [-0.05, 0) is 26.8 Å². The van der Waals surface area contributed by atoms with E-state index < -0.39 is 0 Å². The third kappa shape index (κ3) is 1.71. The quantitative estimate of drug-likeness (QED) is 0.658. The maximum Gasteiger partial charge on any atom is 0.271 e. The van der Waals surface area contributed by atoms with E-state index in [2.05, 4.69) is 0 Å². The van der Waals surface area contributed by atoms with Gasteiger partial charge in [0.25, 0.3) is 5.56 Å². The van der Waals surface area contributed by atoms with Gasteiger partial charge in [0, 0.05) is 18.8 Å². The van der Waals surface area contributed by atoms with E-state index in [9.17, 15) is 4.79 Å². The lowest BCUT2D eigenvalue weighted by molar-refractivity contribution is 0.643. The molecule has 1 aromatic heterocycles. The highest BCUT2D eigenvalue weighted by molar-refractivity contribution is 5.55. The van der Waals surface area contributed by atoms with E-state index in [1.807, 2.05) is 50.7 Å². The molecule has 0 unspecified atom stereocenters. The van der Waals surface area contributed by atoms with Crippen LogP contribution in [0.3, 0.4) is 0 Å². The molecule has 1 rings (SSSR count). The second-order valence-electron chi connectivity index (χ2n) is 3.17. The molecule has 1 heterocycles. The summed E-state index contributed by atoms with van der Waals surface area (Å²) < 4.78 is 3.49. The van der Waals surface area contributed by atoms with Gasteiger partial charge in [-0.25, -0.2) is 4.68 Å². The van der Waals surface area contributed by atoms with Gasteiger partial charge in [-0.2, -0.15) is 0 Å². The van der Waals surface area contributed by atoms with E-state index in [1.165, 1.54) is 0 Å². The van der Waals surface area contributed by atoms with Crippen LogP contribution in [-0.2, 0) is 7.05 Å². The summed E-state index contributed by atoms with van der Waals surface area (Å²) in [5, 5.41) is 0. The summed E-state index contributed by atoms with van der Waals surface area (Å²) in [7, 11) is 1.88. The minimum Gasteiger partial charge on any atom is -0.285 e. The lowest BCUT2D eigenvalue weighted by atomic mass is 10.4. The highest BCUT2D eigenvalue weighted by Gasteiger charge is 2.05. The van der Waals surface area contributed by atoms with Gasteiger partial charge >= 0.3 is 0 Å². The summed E-state index contributed by atoms with van der Waals surface area (Å²) in [6, 6.07) is 1.63. The predicted octanol–water partition coefficient (Wildman–Crippen LogP) is 1.93. The fraction of sp³-hybridized carbons (Fsp3) is 0.364. The van der Waals surface area contributed by atoms with Crippen LogP contribution >= 0.6 is 0 Å². The van der Waals surface area contributed by atoms with Crippen molar-refractivity contribution in [3.05, 3.63) is 40.3 Å². The molecular weight excluding hydrogens is 176 g/mol. The SMILES string of the molecule is C/C=C\C(=C/C)n1c(=O)cc(C)n1C. The molecule has 0 spiro atoms. The second-order valence-corrected chi connectivity index (χ2v) is 3.17. The zero-order valence-electron chi connectivity index (χ0n) is 9.11. The molecule has 0 fully saturated rings. The summed E-state index contributed by atoms with van der Waals surface area (Å²) in [4.78, 5) is 11.6. The van der Waals surface area contributed by atoms with Crippen LogP contribution in [0.15, 0.2) is 29.1 Å². The number of rotatable bonds is 2. The third-order valence-corrected chi connectivity index (χ3v) is 2.23. The van der Waals surface area contributed by atoms with Crippen LogP contribution in [0.5, 0.6) is 0 Å². The Labute approximate surface area is 84.0 Å². The van der Waals surface area contributed by atoms with Gasteiger partial charge in [-0.15, -0.1) is 0 Å². The Hall–Kier alpha value is -1.51. The minimum absolute atomic E-state index is 0.0104. The van der Waals surface area contributed by atoms with Crippen LogP contribution in [-0.4, -0.2) is 9.36 Å². The molecular formula is C11H16N2O. The largest absolute Gasteiger partial charge is 0.285 e. The first-order chi connectivity index (χ1) is 6.61. The Bertz CT molecular complexity index is 433. The molecule has 3 nitrogen and oxygen atoms in total. The normalized spacial score (nSPS) is 12.7. The molecule has 0 N–H and O–H groups in total. The molecule has 0 aliphatic heterocycles. The average molecular weight is 192 g/mol. The van der Waals surface area contributed by atoms with Gasteiger partial charge in [0.05, 0.1) is 5.70 Å². The van der Waals surface area contributed by atoms with E-state index in [1.54, 1.807) is 10.7 Å². The summed E-state index contributed by atoms with van der Waals surface area (Å²) in [6.45, 7) is 5.77. The second kappa shape index (κ2) is 4.13. The lowest BCUT2D eigenvalue weighted by Crippen LogP contribution is -2.19. The van der Waals surface area contributed by atoms with Gasteiger partial charge in [-0.1, -0.05) is 12.2 Å². The van der Waals surface area contributed by atoms with E-state index in [0.29, 0.717) is 0 Å². The molecule has 1 aromatic rings. The third-order valence-electron chi connectivity index (χ3n) is 2.23. The Morgan fingerprint density at radius 3 is 2.43 bits per heavy atom. The summed E-state index contributed by atoms with van der Waals surface area (Å²) in [5.41, 5.74) is 1.86. The molecule has 0 atom stereocenters. The Morgan fingerprint density at radius 1 is 1.43 bits per heavy atom. The van der Waals surface area contributed by atoms with Crippen molar-refractivity contribution < 1.29 is 0 Å². The van der Waals surface area contributed by atoms with Crippen molar-refractivity contribution in [2.45, 2.75) is 20.8 Å². The zero-order chi connectivity index (χ0) is 10.7. The summed E-state index contributed by atoms with van der Waals surface area (Å²) in [5.74, 6) is 0. The van der Waals surface area contributed by atoms with E-state index in [0.717, 1.165) is 11.4 Å². The Morgan fingerprint density at radius 2 is 2.07 bits per heavy atom. The summed E-state index contributed by atoms with van der Waals surface area (Å²) >= 11 is 0. The minimum atomic E-state index is 0.0104. The maximum absolute atomic E-state index is 11.6. The van der Waals surface area contributed by atoms with Crippen LogP contribution < -0.4 is 5.56 Å². The molecule has 0 saturated carbocycles. The van der Waals surface area contributed by atoms with Crippen LogP contribution in [0, 0.1) is 6.92 Å². The standard InChI is InChI=1S/C11H16N2O/c1-5-7-10(6-2)13-11(14)8-9(3)12(13)4/h5-8H,1-4H3/b7-5-,10-6+. The van der Waals surface area contributed by atoms with Crippen LogP contribution in [0.4, 0.5) is 0 Å².